The number of aryl methyl sites for hydroxylation is 3. The van der Waals surface area contributed by atoms with E-state index in [1.807, 2.05) is 25.6 Å². The molecule has 5 heteroatoms. The summed E-state index contributed by atoms with van der Waals surface area (Å²) in [5.41, 5.74) is 3.93. The average Bonchev–Trinajstić information content (AvgIpc) is 2.50. The first-order chi connectivity index (χ1) is 11.1. The number of aromatic nitrogens is 2. The maximum atomic E-state index is 12.1. The van der Waals surface area contributed by atoms with E-state index in [1.54, 1.807) is 6.20 Å². The number of benzene rings is 1. The highest BCUT2D eigenvalue weighted by atomic mass is 32.2. The fraction of sp³-hybridized carbons (Fsp3) is 0.389. The first-order valence-corrected chi connectivity index (χ1v) is 8.93. The zero-order valence-electron chi connectivity index (χ0n) is 13.9. The van der Waals surface area contributed by atoms with Gasteiger partial charge in [0.05, 0.1) is 11.3 Å². The van der Waals surface area contributed by atoms with E-state index in [1.165, 1.54) is 11.1 Å². The van der Waals surface area contributed by atoms with Gasteiger partial charge < -0.3 is 5.32 Å². The minimum absolute atomic E-state index is 0.0915. The van der Waals surface area contributed by atoms with Crippen LogP contribution in [0.5, 0.6) is 0 Å². The van der Waals surface area contributed by atoms with Gasteiger partial charge in [-0.1, -0.05) is 29.8 Å². The van der Waals surface area contributed by atoms with Gasteiger partial charge in [0.1, 0.15) is 5.82 Å². The Balaban J connectivity index is 1.66. The molecule has 0 bridgehead atoms. The van der Waals surface area contributed by atoms with Gasteiger partial charge in [0.2, 0.25) is 0 Å². The van der Waals surface area contributed by atoms with Crippen LogP contribution < -0.4 is 5.32 Å². The Kier molecular flexibility index (Phi) is 6.59. The lowest BCUT2D eigenvalue weighted by Crippen LogP contribution is -2.26. The van der Waals surface area contributed by atoms with Crippen molar-refractivity contribution >= 4 is 17.7 Å². The van der Waals surface area contributed by atoms with Crippen molar-refractivity contribution in [1.29, 1.82) is 0 Å². The summed E-state index contributed by atoms with van der Waals surface area (Å²) < 4.78 is 0. The summed E-state index contributed by atoms with van der Waals surface area (Å²) in [6.45, 7) is 6.44. The average molecular weight is 329 g/mol. The van der Waals surface area contributed by atoms with Gasteiger partial charge in [0.25, 0.3) is 5.91 Å². The molecule has 2 rings (SSSR count). The van der Waals surface area contributed by atoms with Crippen molar-refractivity contribution in [2.75, 3.05) is 12.3 Å². The molecule has 4 nitrogen and oxygen atoms in total. The SMILES string of the molecule is Cc1cccc(CSCCCNC(=O)c2cnc(C)nc2C)c1. The molecule has 0 radical (unpaired) electrons. The molecule has 0 fully saturated rings. The topological polar surface area (TPSA) is 54.9 Å². The third kappa shape index (κ3) is 5.67. The maximum absolute atomic E-state index is 12.1. The van der Waals surface area contributed by atoms with E-state index >= 15 is 0 Å². The highest BCUT2D eigenvalue weighted by Gasteiger charge is 2.09. The summed E-state index contributed by atoms with van der Waals surface area (Å²) in [5, 5.41) is 2.93. The Morgan fingerprint density at radius 1 is 1.26 bits per heavy atom. The number of hydrogen-bond donors (Lipinski definition) is 1. The second-order valence-electron chi connectivity index (χ2n) is 5.57. The molecule has 23 heavy (non-hydrogen) atoms. The number of amides is 1. The van der Waals surface area contributed by atoms with Crippen molar-refractivity contribution in [2.45, 2.75) is 32.9 Å². The normalized spacial score (nSPS) is 10.6. The number of carbonyl (C=O) groups excluding carboxylic acids is 1. The summed E-state index contributed by atoms with van der Waals surface area (Å²) >= 11 is 1.89. The van der Waals surface area contributed by atoms with Gasteiger partial charge in [-0.3, -0.25) is 4.79 Å². The van der Waals surface area contributed by atoms with Crippen LogP contribution in [0.1, 0.15) is 39.4 Å². The first-order valence-electron chi connectivity index (χ1n) is 7.78. The molecular weight excluding hydrogens is 306 g/mol. The van der Waals surface area contributed by atoms with Gasteiger partial charge in [-0.2, -0.15) is 11.8 Å². The third-order valence-corrected chi connectivity index (χ3v) is 4.56. The largest absolute Gasteiger partial charge is 0.352 e. The molecule has 1 amide bonds. The summed E-state index contributed by atoms with van der Waals surface area (Å²) in [7, 11) is 0. The van der Waals surface area contributed by atoms with Crippen LogP contribution in [0.3, 0.4) is 0 Å². The zero-order chi connectivity index (χ0) is 16.7. The lowest BCUT2D eigenvalue weighted by molar-refractivity contribution is 0.0952. The van der Waals surface area contributed by atoms with E-state index < -0.39 is 0 Å². The van der Waals surface area contributed by atoms with Crippen LogP contribution in [-0.4, -0.2) is 28.2 Å². The second-order valence-corrected chi connectivity index (χ2v) is 6.67. The van der Waals surface area contributed by atoms with E-state index in [-0.39, 0.29) is 5.91 Å². The van der Waals surface area contributed by atoms with Crippen LogP contribution in [0.25, 0.3) is 0 Å². The van der Waals surface area contributed by atoms with E-state index in [0.717, 1.165) is 23.6 Å². The van der Waals surface area contributed by atoms with E-state index in [9.17, 15) is 4.79 Å². The molecule has 0 saturated carbocycles. The summed E-state index contributed by atoms with van der Waals surface area (Å²) in [6, 6.07) is 8.58. The second kappa shape index (κ2) is 8.67. The molecule has 122 valence electrons. The van der Waals surface area contributed by atoms with Crippen molar-refractivity contribution in [2.24, 2.45) is 0 Å². The quantitative estimate of drug-likeness (QED) is 0.791. The fourth-order valence-electron chi connectivity index (χ4n) is 2.27. The van der Waals surface area contributed by atoms with Crippen LogP contribution in [0, 0.1) is 20.8 Å². The standard InChI is InChI=1S/C18H23N3OS/c1-13-6-4-7-16(10-13)12-23-9-5-8-19-18(22)17-11-20-15(3)21-14(17)2/h4,6-7,10-11H,5,8-9,12H2,1-3H3,(H,19,22). The summed E-state index contributed by atoms with van der Waals surface area (Å²) in [4.78, 5) is 20.4. The van der Waals surface area contributed by atoms with Crippen LogP contribution in [0.15, 0.2) is 30.5 Å². The lowest BCUT2D eigenvalue weighted by atomic mass is 10.2. The molecule has 0 unspecified atom stereocenters. The lowest BCUT2D eigenvalue weighted by Gasteiger charge is -2.07. The molecule has 2 aromatic rings. The molecule has 1 N–H and O–H groups in total. The first kappa shape index (κ1) is 17.5. The number of nitrogens with one attached hydrogen (secondary N) is 1. The molecule has 0 aliphatic carbocycles. The van der Waals surface area contributed by atoms with Gasteiger partial charge in [-0.05, 0) is 38.5 Å². The Morgan fingerprint density at radius 2 is 2.09 bits per heavy atom. The molecule has 0 spiro atoms. The van der Waals surface area contributed by atoms with Crippen molar-refractivity contribution in [3.63, 3.8) is 0 Å². The summed E-state index contributed by atoms with van der Waals surface area (Å²) in [5.74, 6) is 2.63. The molecule has 1 aromatic heterocycles. The van der Waals surface area contributed by atoms with E-state index in [2.05, 4.69) is 46.5 Å². The summed E-state index contributed by atoms with van der Waals surface area (Å²) in [6.07, 6.45) is 2.55. The monoisotopic (exact) mass is 329 g/mol. The van der Waals surface area contributed by atoms with E-state index in [0.29, 0.717) is 17.9 Å². The van der Waals surface area contributed by atoms with Crippen molar-refractivity contribution in [1.82, 2.24) is 15.3 Å². The minimum atomic E-state index is -0.0915. The predicted molar refractivity (Wildman–Crippen MR) is 95.8 cm³/mol. The zero-order valence-corrected chi connectivity index (χ0v) is 14.7. The number of thioether (sulfide) groups is 1. The highest BCUT2D eigenvalue weighted by Crippen LogP contribution is 2.14. The van der Waals surface area contributed by atoms with Crippen molar-refractivity contribution in [3.8, 4) is 0 Å². The molecule has 0 aliphatic heterocycles. The third-order valence-electron chi connectivity index (χ3n) is 3.45. The van der Waals surface area contributed by atoms with Crippen molar-refractivity contribution < 1.29 is 4.79 Å². The van der Waals surface area contributed by atoms with Crippen molar-refractivity contribution in [3.05, 3.63) is 58.7 Å². The van der Waals surface area contributed by atoms with Gasteiger partial charge in [-0.15, -0.1) is 0 Å². The highest BCUT2D eigenvalue weighted by molar-refractivity contribution is 7.98. The number of carbonyl (C=O) groups is 1. The van der Waals surface area contributed by atoms with Gasteiger partial charge >= 0.3 is 0 Å². The fourth-order valence-corrected chi connectivity index (χ4v) is 3.18. The Bertz CT molecular complexity index is 673. The molecular formula is C18H23N3OS. The van der Waals surface area contributed by atoms with Crippen LogP contribution >= 0.6 is 11.8 Å². The van der Waals surface area contributed by atoms with Gasteiger partial charge in [-0.25, -0.2) is 9.97 Å². The number of hydrogen-bond acceptors (Lipinski definition) is 4. The number of nitrogens with zero attached hydrogens (tertiary/aromatic N) is 2. The molecule has 0 saturated heterocycles. The van der Waals surface area contributed by atoms with Gasteiger partial charge in [0, 0.05) is 18.5 Å². The molecule has 0 aliphatic rings. The number of rotatable bonds is 7. The van der Waals surface area contributed by atoms with Crippen LogP contribution in [0.4, 0.5) is 0 Å². The molecule has 0 atom stereocenters. The smallest absolute Gasteiger partial charge is 0.254 e. The Labute approximate surface area is 142 Å². The van der Waals surface area contributed by atoms with E-state index in [4.69, 9.17) is 0 Å². The Morgan fingerprint density at radius 3 is 2.83 bits per heavy atom. The maximum Gasteiger partial charge on any atom is 0.254 e. The Hall–Kier alpha value is -1.88. The van der Waals surface area contributed by atoms with Gasteiger partial charge in [0.15, 0.2) is 0 Å². The molecule has 1 heterocycles. The van der Waals surface area contributed by atoms with Crippen LogP contribution in [-0.2, 0) is 5.75 Å². The van der Waals surface area contributed by atoms with Crippen LogP contribution in [0.2, 0.25) is 0 Å². The predicted octanol–water partition coefficient (Wildman–Crippen LogP) is 3.46. The minimum Gasteiger partial charge on any atom is -0.352 e. The molecule has 1 aromatic carbocycles.